The Hall–Kier alpha value is -1.91. The molecule has 0 aliphatic heterocycles. The van der Waals surface area contributed by atoms with E-state index in [1.165, 1.54) is 44.9 Å². The molecule has 2 unspecified atom stereocenters. The van der Waals surface area contributed by atoms with Crippen molar-refractivity contribution in [1.29, 1.82) is 0 Å². The number of carbonyl (C=O) groups is 1. The highest BCUT2D eigenvalue weighted by Crippen LogP contribution is 2.12. The Labute approximate surface area is 222 Å². The van der Waals surface area contributed by atoms with Crippen LogP contribution in [0, 0.1) is 0 Å². The summed E-state index contributed by atoms with van der Waals surface area (Å²) >= 11 is 0. The zero-order chi connectivity index (χ0) is 26.5. The molecule has 3 N–H and O–H groups in total. The van der Waals surface area contributed by atoms with E-state index in [4.69, 9.17) is 0 Å². The van der Waals surface area contributed by atoms with E-state index in [0.29, 0.717) is 6.42 Å². The molecule has 0 aliphatic rings. The topological polar surface area (TPSA) is 69.6 Å². The molecule has 1 amide bonds. The third kappa shape index (κ3) is 23.8. The highest BCUT2D eigenvalue weighted by molar-refractivity contribution is 5.77. The van der Waals surface area contributed by atoms with Crippen LogP contribution in [0.15, 0.2) is 60.8 Å². The van der Waals surface area contributed by atoms with Gasteiger partial charge in [0.1, 0.15) is 0 Å². The molecule has 0 saturated carbocycles. The Morgan fingerprint density at radius 2 is 1.11 bits per heavy atom. The molecule has 0 radical (unpaired) electrons. The number of hydrogen-bond acceptors (Lipinski definition) is 3. The smallest absolute Gasteiger partial charge is 0.224 e. The predicted octanol–water partition coefficient (Wildman–Crippen LogP) is 7.89. The second kappa shape index (κ2) is 27.7. The summed E-state index contributed by atoms with van der Waals surface area (Å²) in [7, 11) is 0. The Morgan fingerprint density at radius 1 is 0.667 bits per heavy atom. The SMILES string of the molecule is CC/C=C\C/C=C\C/C=C\C/C=C\C/C=C\CC(=O)NC(CO)C(O)CCCCCCCCCCC. The van der Waals surface area contributed by atoms with Gasteiger partial charge >= 0.3 is 0 Å². The normalized spacial score (nSPS) is 14.2. The van der Waals surface area contributed by atoms with E-state index in [-0.39, 0.29) is 18.9 Å². The molecule has 0 heterocycles. The molecule has 0 rings (SSSR count). The van der Waals surface area contributed by atoms with E-state index in [9.17, 15) is 15.0 Å². The number of rotatable bonds is 24. The fraction of sp³-hybridized carbons (Fsp3) is 0.656. The lowest BCUT2D eigenvalue weighted by Gasteiger charge is -2.22. The van der Waals surface area contributed by atoms with E-state index < -0.39 is 12.1 Å². The second-order valence-electron chi connectivity index (χ2n) is 9.45. The van der Waals surface area contributed by atoms with E-state index >= 15 is 0 Å². The van der Waals surface area contributed by atoms with Crippen molar-refractivity contribution in [3.63, 3.8) is 0 Å². The molecule has 4 heteroatoms. The van der Waals surface area contributed by atoms with Crippen LogP contribution in [-0.2, 0) is 4.79 Å². The molecule has 0 aliphatic carbocycles. The number of amides is 1. The summed E-state index contributed by atoms with van der Waals surface area (Å²) in [6.45, 7) is 4.14. The lowest BCUT2D eigenvalue weighted by Crippen LogP contribution is -2.45. The van der Waals surface area contributed by atoms with Crippen LogP contribution in [0.25, 0.3) is 0 Å². The zero-order valence-electron chi connectivity index (χ0n) is 23.3. The van der Waals surface area contributed by atoms with Gasteiger partial charge in [-0.25, -0.2) is 0 Å². The van der Waals surface area contributed by atoms with Crippen molar-refractivity contribution in [3.8, 4) is 0 Å². The molecular weight excluding hydrogens is 446 g/mol. The Balaban J connectivity index is 3.86. The molecule has 0 spiro atoms. The van der Waals surface area contributed by atoms with E-state index in [1.807, 2.05) is 12.2 Å². The van der Waals surface area contributed by atoms with Gasteiger partial charge in [-0.1, -0.05) is 132 Å². The molecule has 0 fully saturated rings. The Morgan fingerprint density at radius 3 is 1.58 bits per heavy atom. The quantitative estimate of drug-likeness (QED) is 0.0930. The van der Waals surface area contributed by atoms with Crippen molar-refractivity contribution >= 4 is 5.91 Å². The summed E-state index contributed by atoms with van der Waals surface area (Å²) in [5.41, 5.74) is 0. The average molecular weight is 502 g/mol. The third-order valence-electron chi connectivity index (χ3n) is 6.07. The first-order valence-corrected chi connectivity index (χ1v) is 14.5. The minimum absolute atomic E-state index is 0.165. The maximum Gasteiger partial charge on any atom is 0.224 e. The molecule has 36 heavy (non-hydrogen) atoms. The van der Waals surface area contributed by atoms with Gasteiger partial charge in [0.2, 0.25) is 5.91 Å². The lowest BCUT2D eigenvalue weighted by molar-refractivity contribution is -0.122. The second-order valence-corrected chi connectivity index (χ2v) is 9.45. The van der Waals surface area contributed by atoms with Crippen LogP contribution in [0.3, 0.4) is 0 Å². The average Bonchev–Trinajstić information content (AvgIpc) is 2.88. The lowest BCUT2D eigenvalue weighted by atomic mass is 10.0. The van der Waals surface area contributed by atoms with Crippen LogP contribution in [0.2, 0.25) is 0 Å². The highest BCUT2D eigenvalue weighted by atomic mass is 16.3. The molecule has 0 aromatic rings. The number of aliphatic hydroxyl groups is 2. The van der Waals surface area contributed by atoms with Gasteiger partial charge in [0.15, 0.2) is 0 Å². The maximum absolute atomic E-state index is 12.2. The first-order chi connectivity index (χ1) is 17.7. The van der Waals surface area contributed by atoms with Crippen LogP contribution in [0.1, 0.15) is 117 Å². The van der Waals surface area contributed by atoms with Crippen LogP contribution in [0.4, 0.5) is 0 Å². The fourth-order valence-electron chi connectivity index (χ4n) is 3.84. The van der Waals surface area contributed by atoms with Gasteiger partial charge in [-0.05, 0) is 38.5 Å². The van der Waals surface area contributed by atoms with E-state index in [1.54, 1.807) is 0 Å². The molecular formula is C32H55NO3. The monoisotopic (exact) mass is 501 g/mol. The van der Waals surface area contributed by atoms with Crippen LogP contribution in [0.5, 0.6) is 0 Å². The number of carbonyl (C=O) groups excluding carboxylic acids is 1. The first kappa shape index (κ1) is 34.1. The number of aliphatic hydroxyl groups excluding tert-OH is 2. The van der Waals surface area contributed by atoms with Crippen molar-refractivity contribution in [2.75, 3.05) is 6.61 Å². The minimum atomic E-state index is -0.697. The predicted molar refractivity (Wildman–Crippen MR) is 156 cm³/mol. The fourth-order valence-corrected chi connectivity index (χ4v) is 3.84. The number of nitrogens with one attached hydrogen (secondary N) is 1. The van der Waals surface area contributed by atoms with Gasteiger partial charge < -0.3 is 15.5 Å². The number of unbranched alkanes of at least 4 members (excludes halogenated alkanes) is 8. The van der Waals surface area contributed by atoms with Gasteiger partial charge in [0.05, 0.1) is 18.8 Å². The van der Waals surface area contributed by atoms with Crippen molar-refractivity contribution in [2.45, 2.75) is 129 Å². The van der Waals surface area contributed by atoms with Crippen LogP contribution in [-0.4, -0.2) is 34.9 Å². The van der Waals surface area contributed by atoms with Crippen molar-refractivity contribution in [2.24, 2.45) is 0 Å². The maximum atomic E-state index is 12.2. The molecule has 206 valence electrons. The summed E-state index contributed by atoms with van der Waals surface area (Å²) in [4.78, 5) is 12.2. The summed E-state index contributed by atoms with van der Waals surface area (Å²) in [5, 5.41) is 22.7. The molecule has 0 bridgehead atoms. The van der Waals surface area contributed by atoms with Crippen molar-refractivity contribution in [1.82, 2.24) is 5.32 Å². The van der Waals surface area contributed by atoms with Crippen molar-refractivity contribution < 1.29 is 15.0 Å². The first-order valence-electron chi connectivity index (χ1n) is 14.5. The van der Waals surface area contributed by atoms with Gasteiger partial charge in [0.25, 0.3) is 0 Å². The zero-order valence-corrected chi connectivity index (χ0v) is 23.3. The Bertz CT molecular complexity index is 633. The molecule has 0 aromatic heterocycles. The van der Waals surface area contributed by atoms with Gasteiger partial charge in [-0.2, -0.15) is 0 Å². The van der Waals surface area contributed by atoms with Gasteiger partial charge in [-0.15, -0.1) is 0 Å². The number of allylic oxidation sites excluding steroid dienone is 9. The number of hydrogen-bond donors (Lipinski definition) is 3. The van der Waals surface area contributed by atoms with Gasteiger partial charge in [-0.3, -0.25) is 4.79 Å². The van der Waals surface area contributed by atoms with Crippen LogP contribution < -0.4 is 5.32 Å². The summed E-state index contributed by atoms with van der Waals surface area (Å²) in [6, 6.07) is -0.589. The van der Waals surface area contributed by atoms with E-state index in [0.717, 1.165) is 44.9 Å². The molecule has 0 saturated heterocycles. The summed E-state index contributed by atoms with van der Waals surface area (Å²) in [6.07, 6.45) is 37.1. The van der Waals surface area contributed by atoms with Crippen LogP contribution >= 0.6 is 0 Å². The minimum Gasteiger partial charge on any atom is -0.394 e. The largest absolute Gasteiger partial charge is 0.394 e. The summed E-state index contributed by atoms with van der Waals surface area (Å²) in [5.74, 6) is -0.165. The molecule has 0 aromatic carbocycles. The highest BCUT2D eigenvalue weighted by Gasteiger charge is 2.19. The van der Waals surface area contributed by atoms with Crippen molar-refractivity contribution in [3.05, 3.63) is 60.8 Å². The Kier molecular flexibility index (Phi) is 26.2. The molecule has 4 nitrogen and oxygen atoms in total. The standard InChI is InChI=1S/C32H55NO3/c1-3-5-7-9-11-13-14-15-16-17-18-20-22-24-26-28-32(36)33-30(29-34)31(35)27-25-23-21-19-12-10-8-6-4-2/h5,7,11,13,15-16,18,20,24,26,30-31,34-35H,3-4,6,8-10,12,14,17,19,21-23,25,27-29H2,1-2H3,(H,33,36)/b7-5-,13-11-,16-15-,20-18-,26-24-. The molecule has 2 atom stereocenters. The van der Waals surface area contributed by atoms with E-state index in [2.05, 4.69) is 67.8 Å². The van der Waals surface area contributed by atoms with Gasteiger partial charge in [0, 0.05) is 6.42 Å². The summed E-state index contributed by atoms with van der Waals surface area (Å²) < 4.78 is 0. The third-order valence-corrected chi connectivity index (χ3v) is 6.07.